The maximum atomic E-state index is 10.9. The van der Waals surface area contributed by atoms with Crippen LogP contribution in [0.4, 0.5) is 0 Å². The Kier molecular flexibility index (Phi) is 2.72. The van der Waals surface area contributed by atoms with Gasteiger partial charge in [0.15, 0.2) is 6.29 Å². The molecule has 0 aliphatic rings. The van der Waals surface area contributed by atoms with Crippen molar-refractivity contribution in [2.24, 2.45) is 0 Å². The number of hydrogen-bond donors (Lipinski definition) is 0. The molecular weight excluding hydrogens is 204 g/mol. The molecular formula is C12H12N2O2. The first-order valence-electron chi connectivity index (χ1n) is 4.92. The fourth-order valence-corrected chi connectivity index (χ4v) is 1.59. The van der Waals surface area contributed by atoms with Gasteiger partial charge < -0.3 is 4.74 Å². The standard InChI is InChI=1S/C12H12N2O2/c1-9-11(8-15)12(16-2)14(13-9)10-6-4-3-5-7-10/h3-8H,1-2H3. The second-order valence-corrected chi connectivity index (χ2v) is 3.37. The molecule has 1 aromatic carbocycles. The molecule has 0 aliphatic carbocycles. The monoisotopic (exact) mass is 216 g/mol. The number of carbonyl (C=O) groups excluding carboxylic acids is 1. The fraction of sp³-hybridized carbons (Fsp3) is 0.167. The van der Waals surface area contributed by atoms with Crippen LogP contribution in [0.3, 0.4) is 0 Å². The van der Waals surface area contributed by atoms with Gasteiger partial charge in [-0.05, 0) is 19.1 Å². The SMILES string of the molecule is COc1c(C=O)c(C)nn1-c1ccccc1. The van der Waals surface area contributed by atoms with Crippen LogP contribution in [0.5, 0.6) is 5.88 Å². The first-order chi connectivity index (χ1) is 7.77. The molecule has 82 valence electrons. The van der Waals surface area contributed by atoms with Crippen molar-refractivity contribution in [3.05, 3.63) is 41.6 Å². The summed E-state index contributed by atoms with van der Waals surface area (Å²) in [6.45, 7) is 1.78. The van der Waals surface area contributed by atoms with E-state index in [1.54, 1.807) is 11.6 Å². The van der Waals surface area contributed by atoms with Crippen molar-refractivity contribution < 1.29 is 9.53 Å². The number of methoxy groups -OCH3 is 1. The zero-order valence-electron chi connectivity index (χ0n) is 9.18. The molecule has 1 aromatic heterocycles. The van der Waals surface area contributed by atoms with E-state index in [1.165, 1.54) is 7.11 Å². The molecule has 16 heavy (non-hydrogen) atoms. The van der Waals surface area contributed by atoms with E-state index >= 15 is 0 Å². The molecule has 2 aromatic rings. The summed E-state index contributed by atoms with van der Waals surface area (Å²) in [6.07, 6.45) is 0.764. The highest BCUT2D eigenvalue weighted by Crippen LogP contribution is 2.23. The predicted octanol–water partition coefficient (Wildman–Crippen LogP) is 2.00. The minimum Gasteiger partial charge on any atom is -0.480 e. The van der Waals surface area contributed by atoms with Crippen LogP contribution < -0.4 is 4.74 Å². The first-order valence-corrected chi connectivity index (χ1v) is 4.92. The molecule has 4 nitrogen and oxygen atoms in total. The van der Waals surface area contributed by atoms with E-state index in [9.17, 15) is 4.79 Å². The number of aryl methyl sites for hydroxylation is 1. The van der Waals surface area contributed by atoms with Gasteiger partial charge in [-0.2, -0.15) is 5.10 Å². The number of aromatic nitrogens is 2. The molecule has 0 atom stereocenters. The third kappa shape index (κ3) is 1.58. The van der Waals surface area contributed by atoms with Crippen LogP contribution in [-0.2, 0) is 0 Å². The summed E-state index contributed by atoms with van der Waals surface area (Å²) in [4.78, 5) is 10.9. The van der Waals surface area contributed by atoms with Crippen LogP contribution in [0.15, 0.2) is 30.3 Å². The van der Waals surface area contributed by atoms with E-state index in [-0.39, 0.29) is 0 Å². The summed E-state index contributed by atoms with van der Waals surface area (Å²) < 4.78 is 6.84. The highest BCUT2D eigenvalue weighted by Gasteiger charge is 2.15. The maximum Gasteiger partial charge on any atom is 0.227 e. The van der Waals surface area contributed by atoms with E-state index in [2.05, 4.69) is 5.10 Å². The van der Waals surface area contributed by atoms with Crippen LogP contribution in [-0.4, -0.2) is 23.2 Å². The molecule has 0 fully saturated rings. The molecule has 0 N–H and O–H groups in total. The Morgan fingerprint density at radius 1 is 1.31 bits per heavy atom. The minimum atomic E-state index is 0.471. The normalized spacial score (nSPS) is 10.1. The van der Waals surface area contributed by atoms with Gasteiger partial charge in [-0.25, -0.2) is 4.68 Å². The van der Waals surface area contributed by atoms with E-state index < -0.39 is 0 Å². The van der Waals surface area contributed by atoms with Gasteiger partial charge in [0.25, 0.3) is 0 Å². The van der Waals surface area contributed by atoms with Gasteiger partial charge in [0, 0.05) is 0 Å². The fourth-order valence-electron chi connectivity index (χ4n) is 1.59. The highest BCUT2D eigenvalue weighted by molar-refractivity contribution is 5.80. The number of ether oxygens (including phenoxy) is 1. The molecule has 2 rings (SSSR count). The molecule has 0 spiro atoms. The van der Waals surface area contributed by atoms with Gasteiger partial charge in [-0.1, -0.05) is 18.2 Å². The van der Waals surface area contributed by atoms with Crippen molar-refractivity contribution in [1.29, 1.82) is 0 Å². The lowest BCUT2D eigenvalue weighted by Gasteiger charge is -2.05. The Morgan fingerprint density at radius 2 is 2.00 bits per heavy atom. The van der Waals surface area contributed by atoms with Gasteiger partial charge in [0.2, 0.25) is 5.88 Å². The lowest BCUT2D eigenvalue weighted by atomic mass is 10.3. The zero-order chi connectivity index (χ0) is 11.5. The number of aldehydes is 1. The summed E-state index contributed by atoms with van der Waals surface area (Å²) >= 11 is 0. The Hall–Kier alpha value is -2.10. The van der Waals surface area contributed by atoms with E-state index in [1.807, 2.05) is 30.3 Å². The molecule has 0 aliphatic heterocycles. The second kappa shape index (κ2) is 4.18. The van der Waals surface area contributed by atoms with Crippen molar-refractivity contribution in [2.45, 2.75) is 6.92 Å². The summed E-state index contributed by atoms with van der Waals surface area (Å²) in [5.41, 5.74) is 2.03. The molecule has 0 saturated heterocycles. The largest absolute Gasteiger partial charge is 0.480 e. The molecule has 0 unspecified atom stereocenters. The zero-order valence-corrected chi connectivity index (χ0v) is 9.18. The number of carbonyl (C=O) groups is 1. The van der Waals surface area contributed by atoms with Gasteiger partial charge >= 0.3 is 0 Å². The molecule has 0 amide bonds. The quantitative estimate of drug-likeness (QED) is 0.737. The summed E-state index contributed by atoms with van der Waals surface area (Å²) in [6, 6.07) is 9.55. The van der Waals surface area contributed by atoms with Crippen LogP contribution in [0.25, 0.3) is 5.69 Å². The van der Waals surface area contributed by atoms with Crippen LogP contribution in [0.2, 0.25) is 0 Å². The van der Waals surface area contributed by atoms with Crippen molar-refractivity contribution in [2.75, 3.05) is 7.11 Å². The number of nitrogens with zero attached hydrogens (tertiary/aromatic N) is 2. The first kappa shape index (κ1) is 10.4. The summed E-state index contributed by atoms with van der Waals surface area (Å²) in [5, 5.41) is 4.28. The average Bonchev–Trinajstić information content (AvgIpc) is 2.66. The summed E-state index contributed by atoms with van der Waals surface area (Å²) in [5.74, 6) is 0.471. The lowest BCUT2D eigenvalue weighted by Crippen LogP contribution is -2.00. The number of rotatable bonds is 3. The Balaban J connectivity index is 2.62. The van der Waals surface area contributed by atoms with E-state index in [0.717, 1.165) is 12.0 Å². The molecule has 0 bridgehead atoms. The van der Waals surface area contributed by atoms with Crippen molar-refractivity contribution in [3.8, 4) is 11.6 Å². The number of benzene rings is 1. The third-order valence-electron chi connectivity index (χ3n) is 2.37. The lowest BCUT2D eigenvalue weighted by molar-refractivity contribution is 0.112. The van der Waals surface area contributed by atoms with Gasteiger partial charge in [-0.15, -0.1) is 0 Å². The minimum absolute atomic E-state index is 0.471. The Labute approximate surface area is 93.5 Å². The van der Waals surface area contributed by atoms with E-state index in [0.29, 0.717) is 17.1 Å². The van der Waals surface area contributed by atoms with Crippen LogP contribution >= 0.6 is 0 Å². The van der Waals surface area contributed by atoms with Crippen molar-refractivity contribution in [3.63, 3.8) is 0 Å². The molecule has 1 heterocycles. The highest BCUT2D eigenvalue weighted by atomic mass is 16.5. The third-order valence-corrected chi connectivity index (χ3v) is 2.37. The number of hydrogen-bond acceptors (Lipinski definition) is 3. The topological polar surface area (TPSA) is 44.1 Å². The second-order valence-electron chi connectivity index (χ2n) is 3.37. The van der Waals surface area contributed by atoms with Crippen LogP contribution in [0.1, 0.15) is 16.1 Å². The van der Waals surface area contributed by atoms with Gasteiger partial charge in [-0.3, -0.25) is 4.79 Å². The van der Waals surface area contributed by atoms with Crippen molar-refractivity contribution in [1.82, 2.24) is 9.78 Å². The molecule has 4 heteroatoms. The van der Waals surface area contributed by atoms with Gasteiger partial charge in [0.05, 0.1) is 24.1 Å². The predicted molar refractivity (Wildman–Crippen MR) is 60.2 cm³/mol. The van der Waals surface area contributed by atoms with Gasteiger partial charge in [0.1, 0.15) is 0 Å². The molecule has 0 radical (unpaired) electrons. The average molecular weight is 216 g/mol. The number of para-hydroxylation sites is 1. The Bertz CT molecular complexity index is 503. The van der Waals surface area contributed by atoms with E-state index in [4.69, 9.17) is 4.74 Å². The smallest absolute Gasteiger partial charge is 0.227 e. The summed E-state index contributed by atoms with van der Waals surface area (Å²) in [7, 11) is 1.53. The van der Waals surface area contributed by atoms with Crippen molar-refractivity contribution >= 4 is 6.29 Å². The maximum absolute atomic E-state index is 10.9. The molecule has 0 saturated carbocycles. The Morgan fingerprint density at radius 3 is 2.56 bits per heavy atom. The van der Waals surface area contributed by atoms with Crippen LogP contribution in [0, 0.1) is 6.92 Å².